The van der Waals surface area contributed by atoms with E-state index in [0.29, 0.717) is 5.92 Å². The molecule has 0 aliphatic carbocycles. The van der Waals surface area contributed by atoms with Crippen molar-refractivity contribution in [2.75, 3.05) is 18.8 Å². The highest BCUT2D eigenvalue weighted by molar-refractivity contribution is 7.72. The van der Waals surface area contributed by atoms with E-state index in [1.54, 1.807) is 0 Å². The van der Waals surface area contributed by atoms with E-state index in [0.717, 1.165) is 25.9 Å². The molecule has 1 aliphatic heterocycles. The van der Waals surface area contributed by atoms with Crippen molar-refractivity contribution in [2.24, 2.45) is 5.92 Å². The molecule has 1 saturated heterocycles. The van der Waals surface area contributed by atoms with Crippen molar-refractivity contribution >= 4 is 10.7 Å². The third-order valence-electron chi connectivity index (χ3n) is 1.97. The van der Waals surface area contributed by atoms with E-state index in [2.05, 4.69) is 5.32 Å². The van der Waals surface area contributed by atoms with Crippen LogP contribution in [-0.2, 0) is 10.7 Å². The lowest BCUT2D eigenvalue weighted by molar-refractivity contribution is 0.416. The van der Waals surface area contributed by atoms with E-state index in [9.17, 15) is 8.42 Å². The molecule has 11 heavy (non-hydrogen) atoms. The minimum atomic E-state index is -2.20. The molecule has 1 N–H and O–H groups in total. The Kier molecular flexibility index (Phi) is 3.86. The normalized spacial score (nSPS) is 20.8. The van der Waals surface area contributed by atoms with Gasteiger partial charge in [0.1, 0.15) is 10.7 Å². The molecule has 0 aromatic rings. The van der Waals surface area contributed by atoms with Crippen LogP contribution in [0.25, 0.3) is 0 Å². The zero-order valence-corrected chi connectivity index (χ0v) is 7.35. The van der Waals surface area contributed by atoms with Gasteiger partial charge in [0.2, 0.25) is 0 Å². The highest BCUT2D eigenvalue weighted by Gasteiger charge is 2.12. The number of hydrogen-bond acceptors (Lipinski definition) is 3. The molecular weight excluding hydrogens is 162 g/mol. The molecule has 1 heterocycles. The summed E-state index contributed by atoms with van der Waals surface area (Å²) in [7, 11) is -2.20. The highest BCUT2D eigenvalue weighted by Crippen LogP contribution is 2.14. The van der Waals surface area contributed by atoms with E-state index in [4.69, 9.17) is 0 Å². The lowest BCUT2D eigenvalue weighted by atomic mass is 9.96. The summed E-state index contributed by atoms with van der Waals surface area (Å²) in [5.41, 5.74) is 0. The van der Waals surface area contributed by atoms with Gasteiger partial charge in [-0.1, -0.05) is 0 Å². The Bertz CT molecular complexity index is 165. The fourth-order valence-electron chi connectivity index (χ4n) is 1.32. The van der Waals surface area contributed by atoms with Crippen LogP contribution in [0, 0.1) is 12.3 Å². The van der Waals surface area contributed by atoms with Crippen LogP contribution in [0.4, 0.5) is 0 Å². The first-order valence-electron chi connectivity index (χ1n) is 3.95. The second kappa shape index (κ2) is 4.72. The van der Waals surface area contributed by atoms with Gasteiger partial charge < -0.3 is 5.32 Å². The molecule has 0 bridgehead atoms. The van der Waals surface area contributed by atoms with Crippen molar-refractivity contribution in [1.82, 2.24) is 5.32 Å². The zero-order chi connectivity index (χ0) is 8.10. The molecule has 1 radical (unpaired) electrons. The molecule has 1 aliphatic rings. The molecule has 0 unspecified atom stereocenters. The van der Waals surface area contributed by atoms with Crippen LogP contribution in [0.5, 0.6) is 0 Å². The highest BCUT2D eigenvalue weighted by atomic mass is 32.2. The van der Waals surface area contributed by atoms with Gasteiger partial charge in [-0.3, -0.25) is 0 Å². The summed E-state index contributed by atoms with van der Waals surface area (Å²) in [6, 6.07) is 0. The van der Waals surface area contributed by atoms with E-state index >= 15 is 0 Å². The Hall–Kier alpha value is -0.0900. The Morgan fingerprint density at radius 2 is 2.00 bits per heavy atom. The molecule has 1 rings (SSSR count). The molecule has 0 amide bonds. The van der Waals surface area contributed by atoms with Crippen LogP contribution >= 0.6 is 0 Å². The van der Waals surface area contributed by atoms with Gasteiger partial charge in [-0.25, -0.2) is 8.42 Å². The van der Waals surface area contributed by atoms with Gasteiger partial charge in [-0.2, -0.15) is 0 Å². The first kappa shape index (κ1) is 9.00. The summed E-state index contributed by atoms with van der Waals surface area (Å²) in [6.07, 6.45) is 4.10. The van der Waals surface area contributed by atoms with Crippen LogP contribution in [0.3, 0.4) is 0 Å². The topological polar surface area (TPSA) is 46.2 Å². The average molecular weight is 176 g/mol. The standard InChI is InChI=1S/C7H14NO2S/c9-11(10)6-3-7-1-4-8-5-2-7/h3,7-8,11H,1-2,4-6H2. The maximum atomic E-state index is 10.2. The van der Waals surface area contributed by atoms with Crippen LogP contribution in [0.15, 0.2) is 0 Å². The largest absolute Gasteiger partial charge is 0.317 e. The summed E-state index contributed by atoms with van der Waals surface area (Å²) >= 11 is 0. The SMILES string of the molecule is O=[SH](=O)C[CH]C1CCNCC1. The number of piperidine rings is 1. The van der Waals surface area contributed by atoms with Gasteiger partial charge in [-0.15, -0.1) is 0 Å². The number of hydrogen-bond donors (Lipinski definition) is 2. The van der Waals surface area contributed by atoms with E-state index in [1.807, 2.05) is 6.42 Å². The van der Waals surface area contributed by atoms with Crippen molar-refractivity contribution in [3.8, 4) is 0 Å². The molecule has 1 fully saturated rings. The smallest absolute Gasteiger partial charge is 0.140 e. The molecule has 4 heteroatoms. The summed E-state index contributed by atoms with van der Waals surface area (Å²) in [5.74, 6) is 0.768. The molecular formula is C7H14NO2S. The lowest BCUT2D eigenvalue weighted by Gasteiger charge is -2.20. The molecule has 3 nitrogen and oxygen atoms in total. The first-order valence-corrected chi connectivity index (χ1v) is 5.31. The fourth-order valence-corrected chi connectivity index (χ4v) is 1.79. The first-order chi connectivity index (χ1) is 5.29. The minimum Gasteiger partial charge on any atom is -0.317 e. The minimum absolute atomic E-state index is 0.250. The van der Waals surface area contributed by atoms with Gasteiger partial charge in [0.25, 0.3) is 0 Å². The van der Waals surface area contributed by atoms with Gasteiger partial charge in [-0.05, 0) is 38.3 Å². The van der Waals surface area contributed by atoms with Crippen molar-refractivity contribution in [2.45, 2.75) is 12.8 Å². The van der Waals surface area contributed by atoms with Gasteiger partial charge >= 0.3 is 0 Å². The van der Waals surface area contributed by atoms with Gasteiger partial charge in [0, 0.05) is 0 Å². The maximum Gasteiger partial charge on any atom is 0.140 e. The fraction of sp³-hybridized carbons (Fsp3) is 0.857. The Morgan fingerprint density at radius 1 is 1.36 bits per heavy atom. The zero-order valence-electron chi connectivity index (χ0n) is 6.45. The van der Waals surface area contributed by atoms with Crippen molar-refractivity contribution in [3.63, 3.8) is 0 Å². The quantitative estimate of drug-likeness (QED) is 0.585. The third-order valence-corrected chi connectivity index (χ3v) is 2.48. The number of nitrogens with one attached hydrogen (secondary N) is 1. The summed E-state index contributed by atoms with van der Waals surface area (Å²) in [6.45, 7) is 2.05. The van der Waals surface area contributed by atoms with Gasteiger partial charge in [0.15, 0.2) is 0 Å². The lowest BCUT2D eigenvalue weighted by Crippen LogP contribution is -2.28. The predicted octanol–water partition coefficient (Wildman–Crippen LogP) is -0.198. The van der Waals surface area contributed by atoms with Crippen LogP contribution in [0.2, 0.25) is 0 Å². The summed E-state index contributed by atoms with van der Waals surface area (Å²) in [4.78, 5) is 0. The van der Waals surface area contributed by atoms with E-state index in [1.165, 1.54) is 0 Å². The number of rotatable bonds is 3. The van der Waals surface area contributed by atoms with Crippen LogP contribution < -0.4 is 5.32 Å². The Morgan fingerprint density at radius 3 is 2.55 bits per heavy atom. The van der Waals surface area contributed by atoms with Crippen LogP contribution in [0.1, 0.15) is 12.8 Å². The van der Waals surface area contributed by atoms with E-state index in [-0.39, 0.29) is 5.75 Å². The predicted molar refractivity (Wildman–Crippen MR) is 45.1 cm³/mol. The molecule has 0 spiro atoms. The van der Waals surface area contributed by atoms with Crippen molar-refractivity contribution in [3.05, 3.63) is 6.42 Å². The molecule has 0 atom stereocenters. The Labute approximate surface area is 69.1 Å². The van der Waals surface area contributed by atoms with Gasteiger partial charge in [0.05, 0.1) is 5.75 Å². The van der Waals surface area contributed by atoms with Crippen molar-refractivity contribution in [1.29, 1.82) is 0 Å². The second-order valence-electron chi connectivity index (χ2n) is 2.84. The summed E-state index contributed by atoms with van der Waals surface area (Å²) < 4.78 is 20.5. The number of thiol groups is 1. The average Bonchev–Trinajstić information content (AvgIpc) is 2.03. The molecule has 0 aromatic heterocycles. The molecule has 0 aromatic carbocycles. The molecule has 65 valence electrons. The molecule has 0 saturated carbocycles. The summed E-state index contributed by atoms with van der Waals surface area (Å²) in [5, 5.41) is 3.23. The third kappa shape index (κ3) is 3.72. The van der Waals surface area contributed by atoms with Crippen LogP contribution in [-0.4, -0.2) is 27.3 Å². The Balaban J connectivity index is 2.14. The monoisotopic (exact) mass is 176 g/mol. The van der Waals surface area contributed by atoms with E-state index < -0.39 is 10.7 Å². The maximum absolute atomic E-state index is 10.2. The second-order valence-corrected chi connectivity index (χ2v) is 3.87. The van der Waals surface area contributed by atoms with Crippen molar-refractivity contribution < 1.29 is 8.42 Å².